The number of furan rings is 1. The third-order valence-corrected chi connectivity index (χ3v) is 3.82. The van der Waals surface area contributed by atoms with E-state index in [1.165, 1.54) is 6.07 Å². The van der Waals surface area contributed by atoms with Crippen molar-refractivity contribution in [1.29, 1.82) is 0 Å². The smallest absolute Gasteiger partial charge is 0.407 e. The first kappa shape index (κ1) is 31.5. The molecule has 3 rings (SSSR count). The van der Waals surface area contributed by atoms with Crippen LogP contribution in [0.3, 0.4) is 0 Å². The predicted octanol–water partition coefficient (Wildman–Crippen LogP) is 7.28. The number of carboxylic acid groups (broad SMARTS) is 1. The molecule has 1 heterocycles. The lowest BCUT2D eigenvalue weighted by Gasteiger charge is -2.36. The maximum absolute atomic E-state index is 11.7. The Bertz CT molecular complexity index is 800. The molecule has 1 saturated carbocycles. The van der Waals surface area contributed by atoms with Gasteiger partial charge in [0.15, 0.2) is 0 Å². The molecule has 0 saturated heterocycles. The Morgan fingerprint density at radius 3 is 2.09 bits per heavy atom. The molecule has 2 aromatic rings. The first-order chi connectivity index (χ1) is 14.7. The van der Waals surface area contributed by atoms with Crippen LogP contribution >= 0.6 is 0 Å². The number of amides is 1. The number of carbonyl (C=O) groups is 2. The van der Waals surface area contributed by atoms with Gasteiger partial charge in [-0.2, -0.15) is 0 Å². The monoisotopic (exact) mass is 453 g/mol. The number of nitrogens with one attached hydrogen (secondary N) is 1. The van der Waals surface area contributed by atoms with E-state index in [9.17, 15) is 9.59 Å². The highest BCUT2D eigenvalue weighted by Crippen LogP contribution is 2.29. The summed E-state index contributed by atoms with van der Waals surface area (Å²) < 4.78 is 16.3. The Hall–Kier alpha value is -2.70. The van der Waals surface area contributed by atoms with Crippen LogP contribution in [0.2, 0.25) is 0 Å². The van der Waals surface area contributed by atoms with E-state index in [-0.39, 0.29) is 25.3 Å². The summed E-state index contributed by atoms with van der Waals surface area (Å²) in [6.07, 6.45) is 0.978. The molecule has 0 unspecified atom stereocenters. The molecule has 1 aromatic heterocycles. The Morgan fingerprint density at radius 2 is 1.59 bits per heavy atom. The lowest BCUT2D eigenvalue weighted by Crippen LogP contribution is -2.50. The van der Waals surface area contributed by atoms with Crippen LogP contribution in [-0.4, -0.2) is 34.9 Å². The molecule has 32 heavy (non-hydrogen) atoms. The number of ether oxygens (including phenoxy) is 2. The summed E-state index contributed by atoms with van der Waals surface area (Å²) in [6.45, 7) is 17.5. The average molecular weight is 454 g/mol. The Kier molecular flexibility index (Phi) is 14.9. The zero-order valence-electron chi connectivity index (χ0n) is 20.4. The van der Waals surface area contributed by atoms with E-state index in [2.05, 4.69) is 5.32 Å². The van der Waals surface area contributed by atoms with Gasteiger partial charge in [-0.05, 0) is 45.0 Å². The number of alkyl carbamates (subject to hydrolysis) is 1. The molecule has 0 radical (unpaired) electrons. The number of benzene rings is 1. The average Bonchev–Trinajstić information content (AvgIpc) is 3.13. The maximum atomic E-state index is 11.7. The van der Waals surface area contributed by atoms with Gasteiger partial charge < -0.3 is 24.3 Å². The fourth-order valence-corrected chi connectivity index (χ4v) is 2.65. The minimum Gasteiger partial charge on any atom is -0.490 e. The van der Waals surface area contributed by atoms with E-state index >= 15 is 0 Å². The molecular weight excluding hydrogens is 410 g/mol. The SMILES string of the molecule is C.CC.CC.CC.CC(C)(C)OC(=O)NC1CC(Oc2ccc3oc(C(=O)O)cc3c2)C1. The third-order valence-electron chi connectivity index (χ3n) is 3.82. The van der Waals surface area contributed by atoms with Crippen molar-refractivity contribution < 1.29 is 28.6 Å². The van der Waals surface area contributed by atoms with Crippen LogP contribution in [0.4, 0.5) is 4.79 Å². The number of rotatable bonds is 4. The summed E-state index contributed by atoms with van der Waals surface area (Å²) in [7, 11) is 0. The van der Waals surface area contributed by atoms with Crippen molar-refractivity contribution in [3.8, 4) is 5.75 Å². The molecule has 1 aliphatic carbocycles. The number of fused-ring (bicyclic) bond motifs is 1. The second-order valence-electron chi connectivity index (χ2n) is 7.17. The van der Waals surface area contributed by atoms with Crippen LogP contribution in [0.25, 0.3) is 11.0 Å². The molecule has 0 aliphatic heterocycles. The molecular formula is C25H43NO6. The van der Waals surface area contributed by atoms with Crippen molar-refractivity contribution in [3.05, 3.63) is 30.0 Å². The van der Waals surface area contributed by atoms with Crippen molar-refractivity contribution in [2.45, 2.75) is 100 Å². The van der Waals surface area contributed by atoms with E-state index in [0.717, 1.165) is 0 Å². The minimum atomic E-state index is -1.10. The Morgan fingerprint density at radius 1 is 1.03 bits per heavy atom. The van der Waals surface area contributed by atoms with E-state index in [1.807, 2.05) is 62.3 Å². The Balaban J connectivity index is 0. The zero-order chi connectivity index (χ0) is 24.2. The Labute approximate surface area is 193 Å². The fraction of sp³-hybridized carbons (Fsp3) is 0.600. The molecule has 1 aliphatic rings. The number of aromatic carboxylic acids is 1. The third kappa shape index (κ3) is 10.1. The second kappa shape index (κ2) is 15.2. The quantitative estimate of drug-likeness (QED) is 0.505. The van der Waals surface area contributed by atoms with E-state index < -0.39 is 17.7 Å². The lowest BCUT2D eigenvalue weighted by atomic mass is 9.89. The minimum absolute atomic E-state index is 0. The van der Waals surface area contributed by atoms with Gasteiger partial charge in [-0.3, -0.25) is 0 Å². The van der Waals surface area contributed by atoms with Gasteiger partial charge in [-0.15, -0.1) is 0 Å². The van der Waals surface area contributed by atoms with Gasteiger partial charge in [0.25, 0.3) is 0 Å². The van der Waals surface area contributed by atoms with Crippen molar-refractivity contribution in [3.63, 3.8) is 0 Å². The van der Waals surface area contributed by atoms with Crippen LogP contribution in [0, 0.1) is 0 Å². The molecule has 1 aromatic carbocycles. The molecule has 7 heteroatoms. The molecule has 0 bridgehead atoms. The van der Waals surface area contributed by atoms with E-state index in [1.54, 1.807) is 18.2 Å². The zero-order valence-corrected chi connectivity index (χ0v) is 20.4. The number of hydrogen-bond acceptors (Lipinski definition) is 5. The van der Waals surface area contributed by atoms with E-state index in [0.29, 0.717) is 29.6 Å². The van der Waals surface area contributed by atoms with Crippen molar-refractivity contribution in [1.82, 2.24) is 5.32 Å². The number of carbonyl (C=O) groups excluding carboxylic acids is 1. The van der Waals surface area contributed by atoms with Crippen molar-refractivity contribution in [2.75, 3.05) is 0 Å². The van der Waals surface area contributed by atoms with Crippen LogP contribution in [-0.2, 0) is 4.74 Å². The summed E-state index contributed by atoms with van der Waals surface area (Å²) >= 11 is 0. The van der Waals surface area contributed by atoms with Gasteiger partial charge in [0.1, 0.15) is 23.0 Å². The van der Waals surface area contributed by atoms with Crippen molar-refractivity contribution in [2.24, 2.45) is 0 Å². The number of hydrogen-bond donors (Lipinski definition) is 2. The summed E-state index contributed by atoms with van der Waals surface area (Å²) in [6, 6.07) is 6.69. The van der Waals surface area contributed by atoms with Gasteiger partial charge in [0.2, 0.25) is 5.76 Å². The molecule has 184 valence electrons. The van der Waals surface area contributed by atoms with Crippen LogP contribution in [0.1, 0.15) is 93.1 Å². The van der Waals surface area contributed by atoms with E-state index in [4.69, 9.17) is 19.0 Å². The standard InChI is InChI=1S/C18H21NO6.3C2H6.CH4/c1-18(2,3)25-17(22)19-11-8-13(9-11)23-12-4-5-14-10(6-12)7-15(24-14)16(20)21;3*1-2;/h4-7,11,13H,8-9H2,1-3H3,(H,19,22)(H,20,21);3*1-2H3;1H4. The highest BCUT2D eigenvalue weighted by atomic mass is 16.6. The molecule has 7 nitrogen and oxygen atoms in total. The van der Waals surface area contributed by atoms with Crippen LogP contribution < -0.4 is 10.1 Å². The topological polar surface area (TPSA) is 98.0 Å². The first-order valence-electron chi connectivity index (χ1n) is 11.1. The summed E-state index contributed by atoms with van der Waals surface area (Å²) in [5, 5.41) is 12.4. The normalized spacial score (nSPS) is 16.2. The van der Waals surface area contributed by atoms with Crippen molar-refractivity contribution >= 4 is 23.0 Å². The number of carboxylic acids is 1. The highest BCUT2D eigenvalue weighted by Gasteiger charge is 2.33. The maximum Gasteiger partial charge on any atom is 0.407 e. The highest BCUT2D eigenvalue weighted by molar-refractivity contribution is 5.91. The fourth-order valence-electron chi connectivity index (χ4n) is 2.65. The largest absolute Gasteiger partial charge is 0.490 e. The predicted molar refractivity (Wildman–Crippen MR) is 131 cm³/mol. The first-order valence-corrected chi connectivity index (χ1v) is 11.1. The second-order valence-corrected chi connectivity index (χ2v) is 7.17. The molecule has 0 spiro atoms. The summed E-state index contributed by atoms with van der Waals surface area (Å²) in [5.41, 5.74) is -0.0127. The van der Waals surface area contributed by atoms with Crippen LogP contribution in [0.15, 0.2) is 28.7 Å². The van der Waals surface area contributed by atoms with Gasteiger partial charge >= 0.3 is 12.1 Å². The lowest BCUT2D eigenvalue weighted by molar-refractivity contribution is 0.0362. The van der Waals surface area contributed by atoms with Gasteiger partial charge in [-0.25, -0.2) is 9.59 Å². The summed E-state index contributed by atoms with van der Waals surface area (Å²) in [5.74, 6) is -0.558. The molecule has 2 N–H and O–H groups in total. The van der Waals surface area contributed by atoms with Gasteiger partial charge in [0.05, 0.1) is 0 Å². The van der Waals surface area contributed by atoms with Crippen LogP contribution in [0.5, 0.6) is 5.75 Å². The molecule has 0 atom stereocenters. The molecule has 1 fully saturated rings. The van der Waals surface area contributed by atoms with Gasteiger partial charge in [-0.1, -0.05) is 49.0 Å². The van der Waals surface area contributed by atoms with Gasteiger partial charge in [0, 0.05) is 24.3 Å². The summed E-state index contributed by atoms with van der Waals surface area (Å²) in [4.78, 5) is 22.6. The molecule has 1 amide bonds.